The second-order valence-corrected chi connectivity index (χ2v) is 8.22. The second kappa shape index (κ2) is 10.2. The van der Waals surface area contributed by atoms with Gasteiger partial charge in [0, 0.05) is 36.8 Å². The molecule has 1 atom stereocenters. The van der Waals surface area contributed by atoms with E-state index in [1.54, 1.807) is 13.4 Å². The van der Waals surface area contributed by atoms with Gasteiger partial charge < -0.3 is 19.5 Å². The van der Waals surface area contributed by atoms with Crippen LogP contribution in [0.2, 0.25) is 0 Å². The summed E-state index contributed by atoms with van der Waals surface area (Å²) in [6.07, 6.45) is 2.50. The highest BCUT2D eigenvalue weighted by molar-refractivity contribution is 7.27. The number of aryl methyl sites for hydroxylation is 1. The Morgan fingerprint density at radius 3 is 2.74 bits per heavy atom. The molecule has 0 radical (unpaired) electrons. The van der Waals surface area contributed by atoms with Gasteiger partial charge in [0.25, 0.3) is 0 Å². The Morgan fingerprint density at radius 1 is 1.13 bits per heavy atom. The van der Waals surface area contributed by atoms with Crippen LogP contribution in [0, 0.1) is 6.92 Å². The number of fused-ring (bicyclic) bond motifs is 1. The highest BCUT2D eigenvalue weighted by atomic mass is 31.0. The van der Waals surface area contributed by atoms with E-state index >= 15 is 0 Å². The van der Waals surface area contributed by atoms with Crippen molar-refractivity contribution in [3.63, 3.8) is 0 Å². The van der Waals surface area contributed by atoms with Crippen LogP contribution >= 0.6 is 9.24 Å². The summed E-state index contributed by atoms with van der Waals surface area (Å²) in [7, 11) is 4.39. The summed E-state index contributed by atoms with van der Waals surface area (Å²) in [5.41, 5.74) is 2.97. The molecule has 3 aromatic rings. The normalized spacial score (nSPS) is 14.5. The molecule has 1 unspecified atom stereocenters. The molecule has 0 bridgehead atoms. The third-order valence-corrected chi connectivity index (χ3v) is 6.08. The molecule has 164 valence electrons. The molecular weight excluding hydrogens is 411 g/mol. The predicted molar refractivity (Wildman–Crippen MR) is 127 cm³/mol. The van der Waals surface area contributed by atoms with Gasteiger partial charge in [-0.15, -0.1) is 9.24 Å². The molecule has 1 aliphatic rings. The van der Waals surface area contributed by atoms with Crippen molar-refractivity contribution in [2.45, 2.75) is 13.3 Å². The lowest BCUT2D eigenvalue weighted by molar-refractivity contribution is 0.0357. The smallest absolute Gasteiger partial charge is 0.162 e. The van der Waals surface area contributed by atoms with Crippen LogP contribution in [-0.2, 0) is 4.74 Å². The standard InChI is InChI=1S/C23H29N4O3P/c1-16-12-17(4-5-22(16)31)26-23-18-13-21(20(28-2)14-19(18)24-15-25-23)30-9-3-6-27-7-10-29-11-8-27/h4-5,12-15H,3,6-11,31H2,1-2H3,(H,24,25,26). The monoisotopic (exact) mass is 440 g/mol. The van der Waals surface area contributed by atoms with Crippen LogP contribution in [0.1, 0.15) is 12.0 Å². The van der Waals surface area contributed by atoms with E-state index < -0.39 is 0 Å². The van der Waals surface area contributed by atoms with Crippen molar-refractivity contribution in [2.75, 3.05) is 51.9 Å². The molecule has 1 N–H and O–H groups in total. The van der Waals surface area contributed by atoms with Crippen LogP contribution in [0.4, 0.5) is 11.5 Å². The van der Waals surface area contributed by atoms with Crippen LogP contribution in [0.5, 0.6) is 11.5 Å². The molecule has 0 aliphatic carbocycles. The molecule has 7 nitrogen and oxygen atoms in total. The SMILES string of the molecule is COc1cc2ncnc(Nc3ccc(P)c(C)c3)c2cc1OCCCN1CCOCC1. The Kier molecular flexibility index (Phi) is 7.17. The van der Waals surface area contributed by atoms with Crippen molar-refractivity contribution in [2.24, 2.45) is 0 Å². The highest BCUT2D eigenvalue weighted by Gasteiger charge is 2.13. The fourth-order valence-electron chi connectivity index (χ4n) is 3.62. The van der Waals surface area contributed by atoms with E-state index in [1.807, 2.05) is 18.2 Å². The van der Waals surface area contributed by atoms with Crippen LogP contribution in [-0.4, -0.2) is 61.4 Å². The van der Waals surface area contributed by atoms with Gasteiger partial charge in [0.2, 0.25) is 0 Å². The minimum Gasteiger partial charge on any atom is -0.493 e. The number of nitrogens with one attached hydrogen (secondary N) is 1. The number of methoxy groups -OCH3 is 1. The summed E-state index contributed by atoms with van der Waals surface area (Å²) in [6, 6.07) is 10.1. The zero-order valence-corrected chi connectivity index (χ0v) is 19.2. The summed E-state index contributed by atoms with van der Waals surface area (Å²) >= 11 is 0. The number of nitrogens with zero attached hydrogens (tertiary/aromatic N) is 3. The average Bonchev–Trinajstić information content (AvgIpc) is 2.79. The number of rotatable bonds is 8. The maximum absolute atomic E-state index is 6.10. The fraction of sp³-hybridized carbons (Fsp3) is 0.391. The predicted octanol–water partition coefficient (Wildman–Crippen LogP) is 3.29. The third-order valence-electron chi connectivity index (χ3n) is 5.43. The van der Waals surface area contributed by atoms with Gasteiger partial charge in [-0.05, 0) is 42.4 Å². The number of hydrogen-bond donors (Lipinski definition) is 1. The lowest BCUT2D eigenvalue weighted by Crippen LogP contribution is -2.37. The Labute approximate surface area is 185 Å². The van der Waals surface area contributed by atoms with E-state index in [0.29, 0.717) is 18.1 Å². The Morgan fingerprint density at radius 2 is 1.97 bits per heavy atom. The zero-order valence-electron chi connectivity index (χ0n) is 18.1. The summed E-state index contributed by atoms with van der Waals surface area (Å²) < 4.78 is 17.1. The number of anilines is 2. The van der Waals surface area contributed by atoms with E-state index in [2.05, 4.69) is 48.5 Å². The first-order chi connectivity index (χ1) is 15.1. The van der Waals surface area contributed by atoms with Crippen LogP contribution in [0.25, 0.3) is 10.9 Å². The van der Waals surface area contributed by atoms with E-state index in [-0.39, 0.29) is 0 Å². The summed E-state index contributed by atoms with van der Waals surface area (Å²) in [5, 5.41) is 5.48. The number of benzene rings is 2. The Balaban J connectivity index is 1.51. The summed E-state index contributed by atoms with van der Waals surface area (Å²) in [6.45, 7) is 7.30. The van der Waals surface area contributed by atoms with Crippen molar-refractivity contribution in [3.05, 3.63) is 42.2 Å². The van der Waals surface area contributed by atoms with E-state index in [0.717, 1.165) is 61.7 Å². The molecule has 1 aliphatic heterocycles. The lowest BCUT2D eigenvalue weighted by atomic mass is 10.2. The minimum atomic E-state index is 0.616. The zero-order chi connectivity index (χ0) is 21.6. The Bertz CT molecular complexity index is 1040. The van der Waals surface area contributed by atoms with Gasteiger partial charge in [-0.1, -0.05) is 6.07 Å². The van der Waals surface area contributed by atoms with Gasteiger partial charge in [-0.25, -0.2) is 9.97 Å². The Hall–Kier alpha value is -2.47. The maximum atomic E-state index is 6.10. The summed E-state index contributed by atoms with van der Waals surface area (Å²) in [5.74, 6) is 2.11. The first-order valence-corrected chi connectivity index (χ1v) is 11.1. The van der Waals surface area contributed by atoms with Crippen LogP contribution < -0.4 is 20.1 Å². The first-order valence-electron chi connectivity index (χ1n) is 10.5. The maximum Gasteiger partial charge on any atom is 0.162 e. The molecule has 0 spiro atoms. The van der Waals surface area contributed by atoms with Gasteiger partial charge in [-0.2, -0.15) is 0 Å². The van der Waals surface area contributed by atoms with Crippen LogP contribution in [0.3, 0.4) is 0 Å². The van der Waals surface area contributed by atoms with Gasteiger partial charge >= 0.3 is 0 Å². The summed E-state index contributed by atoms with van der Waals surface area (Å²) in [4.78, 5) is 11.3. The van der Waals surface area contributed by atoms with Crippen molar-refractivity contribution < 1.29 is 14.2 Å². The fourth-order valence-corrected chi connectivity index (χ4v) is 3.80. The molecule has 1 saturated heterocycles. The van der Waals surface area contributed by atoms with Crippen molar-refractivity contribution in [1.82, 2.24) is 14.9 Å². The van der Waals surface area contributed by atoms with Crippen LogP contribution in [0.15, 0.2) is 36.7 Å². The van der Waals surface area contributed by atoms with Gasteiger partial charge in [0.15, 0.2) is 11.5 Å². The molecule has 8 heteroatoms. The number of ether oxygens (including phenoxy) is 3. The van der Waals surface area contributed by atoms with Crippen molar-refractivity contribution >= 4 is 37.0 Å². The molecule has 2 heterocycles. The number of aromatic nitrogens is 2. The largest absolute Gasteiger partial charge is 0.493 e. The molecule has 4 rings (SSSR count). The van der Waals surface area contributed by atoms with Gasteiger partial charge in [0.05, 0.1) is 32.4 Å². The number of morpholine rings is 1. The van der Waals surface area contributed by atoms with E-state index in [4.69, 9.17) is 14.2 Å². The molecule has 31 heavy (non-hydrogen) atoms. The molecule has 1 fully saturated rings. The third kappa shape index (κ3) is 5.42. The first kappa shape index (κ1) is 21.8. The average molecular weight is 440 g/mol. The van der Waals surface area contributed by atoms with Crippen molar-refractivity contribution in [1.29, 1.82) is 0 Å². The minimum absolute atomic E-state index is 0.616. The van der Waals surface area contributed by atoms with E-state index in [1.165, 1.54) is 10.9 Å². The molecule has 0 saturated carbocycles. The molecular formula is C23H29N4O3P. The quantitative estimate of drug-likeness (QED) is 0.426. The lowest BCUT2D eigenvalue weighted by Gasteiger charge is -2.26. The molecule has 0 amide bonds. The van der Waals surface area contributed by atoms with E-state index in [9.17, 15) is 0 Å². The van der Waals surface area contributed by atoms with Gasteiger partial charge in [0.1, 0.15) is 12.1 Å². The topological polar surface area (TPSA) is 68.7 Å². The van der Waals surface area contributed by atoms with Crippen molar-refractivity contribution in [3.8, 4) is 11.5 Å². The van der Waals surface area contributed by atoms with Gasteiger partial charge in [-0.3, -0.25) is 4.90 Å². The molecule has 1 aromatic heterocycles. The number of hydrogen-bond acceptors (Lipinski definition) is 7. The second-order valence-electron chi connectivity index (χ2n) is 7.59. The highest BCUT2D eigenvalue weighted by Crippen LogP contribution is 2.34. The molecule has 2 aromatic carbocycles.